The zero-order chi connectivity index (χ0) is 12.0. The minimum atomic E-state index is 0.959. The summed E-state index contributed by atoms with van der Waals surface area (Å²) in [5, 5.41) is 0. The maximum Gasteiger partial charge on any atom is 0.139 e. The Hall–Kier alpha value is -1.76. The zero-order valence-corrected chi connectivity index (χ0v) is 9.90. The van der Waals surface area contributed by atoms with Crippen LogP contribution in [0.4, 0.5) is 0 Å². The molecule has 0 fully saturated rings. The average Bonchev–Trinajstić information content (AvgIpc) is 2.28. The van der Waals surface area contributed by atoms with Crippen molar-refractivity contribution in [3.63, 3.8) is 0 Å². The lowest BCUT2D eigenvalue weighted by atomic mass is 9.91. The standard InChI is InChI=1S/C13H15B2N/c1-3-5-10(8-11(14)4-2)13-9-12(15)6-7-16-13/h3-9H,1-2,14-15H2/b10-5+,11-8+. The molecule has 0 bridgehead atoms. The summed E-state index contributed by atoms with van der Waals surface area (Å²) in [7, 11) is 4.07. The summed E-state index contributed by atoms with van der Waals surface area (Å²) in [5.41, 5.74) is 4.32. The molecule has 0 atom stereocenters. The van der Waals surface area contributed by atoms with E-state index in [-0.39, 0.29) is 0 Å². The number of hydrogen-bond acceptors (Lipinski definition) is 1. The predicted octanol–water partition coefficient (Wildman–Crippen LogP) is 0.612. The summed E-state index contributed by atoms with van der Waals surface area (Å²) in [4.78, 5) is 4.35. The SMILES string of the molecule is B/C(C=C)=C/C(=C\C=C)c1cc(B)ccn1. The maximum atomic E-state index is 4.35. The number of nitrogens with zero attached hydrogens (tertiary/aromatic N) is 1. The Bertz CT molecular complexity index is 459. The molecule has 0 aliphatic carbocycles. The predicted molar refractivity (Wildman–Crippen MR) is 77.4 cm³/mol. The van der Waals surface area contributed by atoms with Crippen LogP contribution >= 0.6 is 0 Å². The van der Waals surface area contributed by atoms with Crippen molar-refractivity contribution < 1.29 is 0 Å². The van der Waals surface area contributed by atoms with Crippen molar-refractivity contribution in [2.75, 3.05) is 0 Å². The molecular weight excluding hydrogens is 192 g/mol. The zero-order valence-electron chi connectivity index (χ0n) is 9.90. The lowest BCUT2D eigenvalue weighted by Gasteiger charge is -2.03. The first-order valence-corrected chi connectivity index (χ1v) is 5.24. The van der Waals surface area contributed by atoms with E-state index in [9.17, 15) is 0 Å². The summed E-state index contributed by atoms with van der Waals surface area (Å²) in [6, 6.07) is 4.04. The highest BCUT2D eigenvalue weighted by molar-refractivity contribution is 6.32. The highest BCUT2D eigenvalue weighted by atomic mass is 14.7. The van der Waals surface area contributed by atoms with E-state index in [4.69, 9.17) is 0 Å². The monoisotopic (exact) mass is 207 g/mol. The van der Waals surface area contributed by atoms with Gasteiger partial charge < -0.3 is 0 Å². The Morgan fingerprint density at radius 3 is 2.69 bits per heavy atom. The highest BCUT2D eigenvalue weighted by Gasteiger charge is 1.99. The summed E-state index contributed by atoms with van der Waals surface area (Å²) in [6.45, 7) is 7.47. The van der Waals surface area contributed by atoms with Gasteiger partial charge in [0.2, 0.25) is 0 Å². The summed E-state index contributed by atoms with van der Waals surface area (Å²) in [6.07, 6.45) is 9.42. The molecule has 0 aliphatic rings. The third-order valence-electron chi connectivity index (χ3n) is 2.21. The van der Waals surface area contributed by atoms with Crippen LogP contribution in [0.5, 0.6) is 0 Å². The fraction of sp³-hybridized carbons (Fsp3) is 0. The van der Waals surface area contributed by atoms with Crippen LogP contribution in [0.2, 0.25) is 0 Å². The maximum absolute atomic E-state index is 4.35. The molecule has 0 amide bonds. The van der Waals surface area contributed by atoms with Gasteiger partial charge in [-0.1, -0.05) is 54.5 Å². The van der Waals surface area contributed by atoms with Crippen LogP contribution in [-0.4, -0.2) is 20.7 Å². The van der Waals surface area contributed by atoms with Gasteiger partial charge in [0.05, 0.1) is 5.69 Å². The molecule has 0 saturated carbocycles. The van der Waals surface area contributed by atoms with E-state index in [0.29, 0.717) is 0 Å². The van der Waals surface area contributed by atoms with Crippen LogP contribution in [0.3, 0.4) is 0 Å². The van der Waals surface area contributed by atoms with Gasteiger partial charge in [-0.15, -0.1) is 0 Å². The average molecular weight is 207 g/mol. The van der Waals surface area contributed by atoms with Gasteiger partial charge in [0.25, 0.3) is 0 Å². The Morgan fingerprint density at radius 2 is 2.12 bits per heavy atom. The second-order valence-corrected chi connectivity index (χ2v) is 3.67. The van der Waals surface area contributed by atoms with E-state index in [0.717, 1.165) is 16.7 Å². The molecule has 0 aromatic carbocycles. The van der Waals surface area contributed by atoms with Gasteiger partial charge >= 0.3 is 0 Å². The molecule has 1 rings (SSSR count). The minimum Gasteiger partial charge on any atom is -0.256 e. The van der Waals surface area contributed by atoms with Crippen molar-refractivity contribution >= 4 is 26.7 Å². The van der Waals surface area contributed by atoms with Crippen molar-refractivity contribution in [1.82, 2.24) is 4.98 Å². The molecule has 1 aromatic rings. The lowest BCUT2D eigenvalue weighted by Crippen LogP contribution is -2.03. The van der Waals surface area contributed by atoms with Crippen LogP contribution in [0.25, 0.3) is 5.57 Å². The van der Waals surface area contributed by atoms with Gasteiger partial charge in [0.1, 0.15) is 15.7 Å². The minimum absolute atomic E-state index is 0.959. The highest BCUT2D eigenvalue weighted by Crippen LogP contribution is 2.13. The summed E-state index contributed by atoms with van der Waals surface area (Å²) in [5.74, 6) is 0. The van der Waals surface area contributed by atoms with E-state index in [2.05, 4.69) is 38.1 Å². The van der Waals surface area contributed by atoms with Crippen LogP contribution in [0.15, 0.2) is 61.3 Å². The Balaban J connectivity index is 3.18. The molecule has 0 saturated heterocycles. The fourth-order valence-electron chi connectivity index (χ4n) is 1.33. The van der Waals surface area contributed by atoms with E-state index >= 15 is 0 Å². The van der Waals surface area contributed by atoms with Crippen molar-refractivity contribution in [3.05, 3.63) is 67.0 Å². The van der Waals surface area contributed by atoms with Crippen LogP contribution in [0, 0.1) is 0 Å². The Kier molecular flexibility index (Phi) is 4.59. The van der Waals surface area contributed by atoms with E-state index in [1.54, 1.807) is 6.08 Å². The molecule has 0 unspecified atom stereocenters. The van der Waals surface area contributed by atoms with Crippen molar-refractivity contribution in [2.45, 2.75) is 0 Å². The molecule has 1 aromatic heterocycles. The van der Waals surface area contributed by atoms with Gasteiger partial charge in [-0.05, 0) is 11.6 Å². The topological polar surface area (TPSA) is 12.9 Å². The van der Waals surface area contributed by atoms with E-state index in [1.807, 2.05) is 32.3 Å². The Morgan fingerprint density at radius 1 is 1.38 bits per heavy atom. The first-order valence-electron chi connectivity index (χ1n) is 5.24. The van der Waals surface area contributed by atoms with E-state index < -0.39 is 0 Å². The fourth-order valence-corrected chi connectivity index (χ4v) is 1.33. The van der Waals surface area contributed by atoms with Gasteiger partial charge in [-0.25, -0.2) is 0 Å². The van der Waals surface area contributed by atoms with E-state index in [1.165, 1.54) is 5.46 Å². The number of hydrogen-bond donors (Lipinski definition) is 0. The lowest BCUT2D eigenvalue weighted by molar-refractivity contribution is 1.29. The number of allylic oxidation sites excluding steroid dienone is 6. The quantitative estimate of drug-likeness (QED) is 0.520. The molecule has 78 valence electrons. The second kappa shape index (κ2) is 5.96. The first-order chi connectivity index (χ1) is 7.67. The molecule has 0 N–H and O–H groups in total. The van der Waals surface area contributed by atoms with Crippen molar-refractivity contribution in [3.8, 4) is 0 Å². The van der Waals surface area contributed by atoms with Crippen LogP contribution in [-0.2, 0) is 0 Å². The molecule has 0 spiro atoms. The van der Waals surface area contributed by atoms with Gasteiger partial charge in [0, 0.05) is 6.20 Å². The third kappa shape index (κ3) is 3.43. The smallest absolute Gasteiger partial charge is 0.139 e. The molecule has 0 radical (unpaired) electrons. The van der Waals surface area contributed by atoms with Gasteiger partial charge in [0.15, 0.2) is 0 Å². The first kappa shape index (κ1) is 12.3. The van der Waals surface area contributed by atoms with Gasteiger partial charge in [-0.3, -0.25) is 4.98 Å². The molecule has 16 heavy (non-hydrogen) atoms. The molecule has 1 heterocycles. The summed E-state index contributed by atoms with van der Waals surface area (Å²) < 4.78 is 0. The number of pyridine rings is 1. The third-order valence-corrected chi connectivity index (χ3v) is 2.21. The molecule has 3 heteroatoms. The normalized spacial score (nSPS) is 12.2. The second-order valence-electron chi connectivity index (χ2n) is 3.67. The Labute approximate surface area is 99.1 Å². The van der Waals surface area contributed by atoms with Crippen molar-refractivity contribution in [1.29, 1.82) is 0 Å². The van der Waals surface area contributed by atoms with Gasteiger partial charge in [-0.2, -0.15) is 0 Å². The molecule has 0 aliphatic heterocycles. The van der Waals surface area contributed by atoms with Crippen LogP contribution in [0.1, 0.15) is 5.69 Å². The number of rotatable bonds is 4. The summed E-state index contributed by atoms with van der Waals surface area (Å²) >= 11 is 0. The van der Waals surface area contributed by atoms with Crippen molar-refractivity contribution in [2.24, 2.45) is 0 Å². The number of aromatic nitrogens is 1. The molecule has 1 nitrogen and oxygen atoms in total. The molecular formula is C13H15B2N. The largest absolute Gasteiger partial charge is 0.256 e. The van der Waals surface area contributed by atoms with Crippen LogP contribution < -0.4 is 5.46 Å².